The second kappa shape index (κ2) is 6.76. The van der Waals surface area contributed by atoms with E-state index in [2.05, 4.69) is 6.92 Å². The number of benzene rings is 1. The number of rotatable bonds is 6. The van der Waals surface area contributed by atoms with Gasteiger partial charge < -0.3 is 9.84 Å². The fourth-order valence-corrected chi connectivity index (χ4v) is 2.08. The fraction of sp³-hybridized carbons (Fsp3) is 0.500. The molecule has 1 rings (SSSR count). The van der Waals surface area contributed by atoms with Crippen molar-refractivity contribution in [2.45, 2.75) is 19.4 Å². The molecule has 0 fully saturated rings. The molecule has 0 spiro atoms. The van der Waals surface area contributed by atoms with Crippen LogP contribution in [0.15, 0.2) is 18.2 Å². The Labute approximate surface area is 99.8 Å². The van der Waals surface area contributed by atoms with E-state index in [4.69, 9.17) is 4.74 Å². The third kappa shape index (κ3) is 3.68. The number of aliphatic hydroxyl groups is 1. The Morgan fingerprint density at radius 1 is 1.50 bits per heavy atom. The fourth-order valence-electron chi connectivity index (χ4n) is 1.40. The largest absolute Gasteiger partial charge is 0.497 e. The smallest absolute Gasteiger partial charge is 0.132 e. The van der Waals surface area contributed by atoms with Gasteiger partial charge in [-0.1, -0.05) is 6.92 Å². The molecule has 1 unspecified atom stereocenters. The summed E-state index contributed by atoms with van der Waals surface area (Å²) >= 11 is 1.74. The number of methoxy groups -OCH3 is 1. The van der Waals surface area contributed by atoms with E-state index >= 15 is 0 Å². The predicted octanol–water partition coefficient (Wildman–Crippen LogP) is 3.01. The van der Waals surface area contributed by atoms with Crippen molar-refractivity contribution in [1.29, 1.82) is 0 Å². The van der Waals surface area contributed by atoms with Crippen LogP contribution in [0.5, 0.6) is 5.75 Å². The Morgan fingerprint density at radius 3 is 2.81 bits per heavy atom. The maximum Gasteiger partial charge on any atom is 0.132 e. The van der Waals surface area contributed by atoms with E-state index in [0.717, 1.165) is 11.5 Å². The van der Waals surface area contributed by atoms with Gasteiger partial charge in [-0.25, -0.2) is 4.39 Å². The normalized spacial score (nSPS) is 12.5. The van der Waals surface area contributed by atoms with E-state index in [1.807, 2.05) is 0 Å². The van der Waals surface area contributed by atoms with Crippen molar-refractivity contribution in [2.24, 2.45) is 0 Å². The van der Waals surface area contributed by atoms with E-state index < -0.39 is 11.9 Å². The molecule has 0 aliphatic heterocycles. The molecule has 0 heterocycles. The van der Waals surface area contributed by atoms with Crippen molar-refractivity contribution in [3.63, 3.8) is 0 Å². The van der Waals surface area contributed by atoms with Gasteiger partial charge in [0, 0.05) is 11.6 Å². The van der Waals surface area contributed by atoms with E-state index in [-0.39, 0.29) is 0 Å². The lowest BCUT2D eigenvalue weighted by atomic mass is 10.1. The van der Waals surface area contributed by atoms with Crippen LogP contribution >= 0.6 is 11.8 Å². The van der Waals surface area contributed by atoms with Crippen molar-refractivity contribution in [2.75, 3.05) is 18.6 Å². The van der Waals surface area contributed by atoms with Crippen LogP contribution in [0.2, 0.25) is 0 Å². The highest BCUT2D eigenvalue weighted by Crippen LogP contribution is 2.24. The first-order chi connectivity index (χ1) is 7.69. The van der Waals surface area contributed by atoms with E-state index in [0.29, 0.717) is 17.7 Å². The molecule has 1 N–H and O–H groups in total. The zero-order valence-electron chi connectivity index (χ0n) is 9.57. The van der Waals surface area contributed by atoms with Crippen LogP contribution < -0.4 is 4.74 Å². The molecule has 1 atom stereocenters. The maximum absolute atomic E-state index is 13.5. The summed E-state index contributed by atoms with van der Waals surface area (Å²) in [6.45, 7) is 2.06. The Bertz CT molecular complexity index is 331. The SMILES string of the molecule is CCSCCC(O)c1ccc(OC)cc1F. The van der Waals surface area contributed by atoms with Crippen molar-refractivity contribution < 1.29 is 14.2 Å². The minimum atomic E-state index is -0.732. The van der Waals surface area contributed by atoms with Crippen LogP contribution in [0.1, 0.15) is 25.0 Å². The van der Waals surface area contributed by atoms with Crippen LogP contribution in [-0.4, -0.2) is 23.7 Å². The zero-order chi connectivity index (χ0) is 12.0. The highest BCUT2D eigenvalue weighted by molar-refractivity contribution is 7.99. The van der Waals surface area contributed by atoms with Crippen LogP contribution in [-0.2, 0) is 0 Å². The standard InChI is InChI=1S/C12H17FO2S/c1-3-16-7-6-12(14)10-5-4-9(15-2)8-11(10)13/h4-5,8,12,14H,3,6-7H2,1-2H3. The van der Waals surface area contributed by atoms with E-state index in [1.165, 1.54) is 13.2 Å². The monoisotopic (exact) mass is 244 g/mol. The molecule has 0 bridgehead atoms. The lowest BCUT2D eigenvalue weighted by Crippen LogP contribution is -2.02. The van der Waals surface area contributed by atoms with Gasteiger partial charge in [0.2, 0.25) is 0 Å². The molecule has 0 aromatic heterocycles. The quantitative estimate of drug-likeness (QED) is 0.780. The Morgan fingerprint density at radius 2 is 2.25 bits per heavy atom. The van der Waals surface area contributed by atoms with Gasteiger partial charge in [0.15, 0.2) is 0 Å². The number of hydrogen-bond donors (Lipinski definition) is 1. The lowest BCUT2D eigenvalue weighted by molar-refractivity contribution is 0.170. The minimum Gasteiger partial charge on any atom is -0.497 e. The molecule has 1 aromatic rings. The minimum absolute atomic E-state index is 0.345. The molecule has 0 radical (unpaired) electrons. The molecule has 90 valence electrons. The zero-order valence-corrected chi connectivity index (χ0v) is 10.4. The van der Waals surface area contributed by atoms with Gasteiger partial charge in [0.25, 0.3) is 0 Å². The lowest BCUT2D eigenvalue weighted by Gasteiger charge is -2.12. The molecule has 4 heteroatoms. The summed E-state index contributed by atoms with van der Waals surface area (Å²) in [5.74, 6) is 1.91. The second-order valence-electron chi connectivity index (χ2n) is 3.39. The highest BCUT2D eigenvalue weighted by Gasteiger charge is 2.13. The molecule has 2 nitrogen and oxygen atoms in total. The molecule has 0 aliphatic carbocycles. The van der Waals surface area contributed by atoms with Gasteiger partial charge in [0.05, 0.1) is 13.2 Å². The Kier molecular flexibility index (Phi) is 5.63. The van der Waals surface area contributed by atoms with Gasteiger partial charge in [-0.05, 0) is 30.1 Å². The third-order valence-corrected chi connectivity index (χ3v) is 3.24. The number of halogens is 1. The van der Waals surface area contributed by atoms with Gasteiger partial charge in [0.1, 0.15) is 11.6 Å². The molecule has 0 saturated heterocycles. The van der Waals surface area contributed by atoms with Crippen molar-refractivity contribution in [3.05, 3.63) is 29.6 Å². The average Bonchev–Trinajstić information content (AvgIpc) is 2.29. The summed E-state index contributed by atoms with van der Waals surface area (Å²) in [5.41, 5.74) is 0.345. The molecule has 0 amide bonds. The molecule has 1 aromatic carbocycles. The summed E-state index contributed by atoms with van der Waals surface area (Å²) in [7, 11) is 1.49. The third-order valence-electron chi connectivity index (χ3n) is 2.31. The summed E-state index contributed by atoms with van der Waals surface area (Å²) in [4.78, 5) is 0. The van der Waals surface area contributed by atoms with Crippen LogP contribution in [0.3, 0.4) is 0 Å². The first-order valence-corrected chi connectivity index (χ1v) is 6.43. The van der Waals surface area contributed by atoms with Crippen LogP contribution in [0.25, 0.3) is 0 Å². The first kappa shape index (κ1) is 13.3. The van der Waals surface area contributed by atoms with Gasteiger partial charge >= 0.3 is 0 Å². The van der Waals surface area contributed by atoms with Crippen molar-refractivity contribution in [1.82, 2.24) is 0 Å². The molecular weight excluding hydrogens is 227 g/mol. The van der Waals surface area contributed by atoms with E-state index in [1.54, 1.807) is 23.9 Å². The summed E-state index contributed by atoms with van der Waals surface area (Å²) in [5, 5.41) is 9.80. The molecule has 16 heavy (non-hydrogen) atoms. The van der Waals surface area contributed by atoms with Crippen molar-refractivity contribution >= 4 is 11.8 Å². The van der Waals surface area contributed by atoms with Crippen LogP contribution in [0, 0.1) is 5.82 Å². The Hall–Kier alpha value is -0.740. The topological polar surface area (TPSA) is 29.5 Å². The number of ether oxygens (including phenoxy) is 1. The maximum atomic E-state index is 13.5. The van der Waals surface area contributed by atoms with E-state index in [9.17, 15) is 9.50 Å². The van der Waals surface area contributed by atoms with Gasteiger partial charge in [-0.15, -0.1) is 0 Å². The summed E-state index contributed by atoms with van der Waals surface area (Å²) in [6, 6.07) is 4.54. The number of aliphatic hydroxyl groups excluding tert-OH is 1. The first-order valence-electron chi connectivity index (χ1n) is 5.28. The predicted molar refractivity (Wildman–Crippen MR) is 65.5 cm³/mol. The Balaban J connectivity index is 2.64. The number of thioether (sulfide) groups is 1. The highest BCUT2D eigenvalue weighted by atomic mass is 32.2. The van der Waals surface area contributed by atoms with Gasteiger partial charge in [-0.2, -0.15) is 11.8 Å². The summed E-state index contributed by atoms with van der Waals surface area (Å²) < 4.78 is 18.5. The molecule has 0 aliphatic rings. The number of hydrogen-bond acceptors (Lipinski definition) is 3. The molecular formula is C12H17FO2S. The second-order valence-corrected chi connectivity index (χ2v) is 4.78. The van der Waals surface area contributed by atoms with Crippen LogP contribution in [0.4, 0.5) is 4.39 Å². The molecule has 0 saturated carbocycles. The van der Waals surface area contributed by atoms with Crippen molar-refractivity contribution in [3.8, 4) is 5.75 Å². The van der Waals surface area contributed by atoms with Gasteiger partial charge in [-0.3, -0.25) is 0 Å². The average molecular weight is 244 g/mol. The summed E-state index contributed by atoms with van der Waals surface area (Å²) in [6.07, 6.45) is -0.160.